The normalized spacial score (nSPS) is 14.0. The van der Waals surface area contributed by atoms with Crippen LogP contribution in [-0.2, 0) is 14.1 Å². The minimum atomic E-state index is -4.90. The molecule has 12 heteroatoms. The summed E-state index contributed by atoms with van der Waals surface area (Å²) in [5, 5.41) is 2.07. The van der Waals surface area contributed by atoms with Crippen LogP contribution in [0.5, 0.6) is 11.5 Å². The lowest BCUT2D eigenvalue weighted by atomic mass is 10.3. The van der Waals surface area contributed by atoms with Crippen LogP contribution in [-0.4, -0.2) is 18.6 Å². The lowest BCUT2D eigenvalue weighted by Gasteiger charge is -2.23. The van der Waals surface area contributed by atoms with Crippen molar-refractivity contribution in [2.24, 2.45) is 0 Å². The van der Waals surface area contributed by atoms with E-state index in [0.717, 1.165) is 0 Å². The molecule has 0 aliphatic heterocycles. The number of esters is 1. The molecule has 2 rings (SSSR count). The zero-order valence-corrected chi connectivity index (χ0v) is 16.7. The number of rotatable bonds is 9. The van der Waals surface area contributed by atoms with Gasteiger partial charge in [0.25, 0.3) is 0 Å². The van der Waals surface area contributed by atoms with E-state index in [1.165, 1.54) is 31.2 Å². The third kappa shape index (κ3) is 5.48. The number of halogens is 5. The first-order valence-electron chi connectivity index (χ1n) is 8.59. The molecule has 2 aromatic carbocycles. The monoisotopic (exact) mass is 453 g/mol. The first-order chi connectivity index (χ1) is 14.1. The lowest BCUT2D eigenvalue weighted by Crippen LogP contribution is -2.36. The number of benzene rings is 2. The maximum atomic E-state index is 14.0. The SMILES string of the molecule is CCCOC(=O)[C@H](C)N[P@](=O)(Oc1ccccc1)Oc1c(F)c(F)c(F)c(F)c1F. The van der Waals surface area contributed by atoms with Crippen molar-refractivity contribution in [1.82, 2.24) is 5.09 Å². The summed E-state index contributed by atoms with van der Waals surface area (Å²) < 4.78 is 95.9. The average Bonchev–Trinajstić information content (AvgIpc) is 2.72. The number of carbonyl (C=O) groups is 1. The van der Waals surface area contributed by atoms with Gasteiger partial charge in [-0.05, 0) is 25.5 Å². The predicted octanol–water partition coefficient (Wildman–Crippen LogP) is 4.88. The highest BCUT2D eigenvalue weighted by Crippen LogP contribution is 2.47. The molecule has 0 radical (unpaired) electrons. The number of carbonyl (C=O) groups excluding carboxylic acids is 1. The van der Waals surface area contributed by atoms with Crippen molar-refractivity contribution in [3.8, 4) is 11.5 Å². The van der Waals surface area contributed by atoms with E-state index in [1.54, 1.807) is 13.0 Å². The maximum absolute atomic E-state index is 14.0. The quantitative estimate of drug-likeness (QED) is 0.192. The zero-order valence-electron chi connectivity index (χ0n) is 15.8. The highest BCUT2D eigenvalue weighted by atomic mass is 31.2. The van der Waals surface area contributed by atoms with Gasteiger partial charge in [-0.15, -0.1) is 0 Å². The van der Waals surface area contributed by atoms with E-state index < -0.39 is 54.6 Å². The van der Waals surface area contributed by atoms with E-state index in [2.05, 4.69) is 9.61 Å². The second-order valence-electron chi connectivity index (χ2n) is 5.91. The van der Waals surface area contributed by atoms with Crippen molar-refractivity contribution >= 4 is 13.7 Å². The summed E-state index contributed by atoms with van der Waals surface area (Å²) in [6.45, 7) is 2.94. The molecule has 0 heterocycles. The van der Waals surface area contributed by atoms with Crippen molar-refractivity contribution in [3.05, 3.63) is 59.4 Å². The Morgan fingerprint density at radius 1 is 0.967 bits per heavy atom. The molecule has 6 nitrogen and oxygen atoms in total. The van der Waals surface area contributed by atoms with Gasteiger partial charge in [-0.2, -0.15) is 13.9 Å². The average molecular weight is 453 g/mol. The van der Waals surface area contributed by atoms with Crippen molar-refractivity contribution in [2.75, 3.05) is 6.61 Å². The maximum Gasteiger partial charge on any atom is 0.513 e. The lowest BCUT2D eigenvalue weighted by molar-refractivity contribution is -0.145. The number of hydrogen-bond donors (Lipinski definition) is 1. The first-order valence-corrected chi connectivity index (χ1v) is 10.1. The fourth-order valence-corrected chi connectivity index (χ4v) is 3.62. The first kappa shape index (κ1) is 23.6. The molecule has 0 bridgehead atoms. The van der Waals surface area contributed by atoms with Gasteiger partial charge < -0.3 is 13.8 Å². The smallest absolute Gasteiger partial charge is 0.465 e. The number of ether oxygens (including phenoxy) is 1. The Kier molecular flexibility index (Phi) is 7.80. The summed E-state index contributed by atoms with van der Waals surface area (Å²) in [6, 6.07) is 5.67. The minimum Gasteiger partial charge on any atom is -0.465 e. The Hall–Kier alpha value is -2.65. The molecular weight excluding hydrogens is 436 g/mol. The third-order valence-corrected chi connectivity index (χ3v) is 5.08. The van der Waals surface area contributed by atoms with Gasteiger partial charge in [0.05, 0.1) is 6.61 Å². The summed E-state index contributed by atoms with van der Waals surface area (Å²) in [5.74, 6) is -14.6. The van der Waals surface area contributed by atoms with Crippen molar-refractivity contribution in [3.63, 3.8) is 0 Å². The number of nitrogens with one attached hydrogen (secondary N) is 1. The Labute approximate surface area is 168 Å². The van der Waals surface area contributed by atoms with E-state index >= 15 is 0 Å². The van der Waals surface area contributed by atoms with E-state index in [9.17, 15) is 31.3 Å². The fraction of sp³-hybridized carbons (Fsp3) is 0.278. The van der Waals surface area contributed by atoms with Crippen molar-refractivity contribution in [1.29, 1.82) is 0 Å². The predicted molar refractivity (Wildman–Crippen MR) is 95.4 cm³/mol. The highest BCUT2D eigenvalue weighted by molar-refractivity contribution is 7.52. The summed E-state index contributed by atoms with van der Waals surface area (Å²) in [5.41, 5.74) is 0. The molecule has 1 N–H and O–H groups in total. The van der Waals surface area contributed by atoms with Crippen LogP contribution in [0, 0.1) is 29.1 Å². The van der Waals surface area contributed by atoms with Gasteiger partial charge in [0.15, 0.2) is 0 Å². The van der Waals surface area contributed by atoms with Crippen molar-refractivity contribution < 1.29 is 45.1 Å². The summed E-state index contributed by atoms with van der Waals surface area (Å²) in [4.78, 5) is 11.9. The Balaban J connectivity index is 2.42. The zero-order chi connectivity index (χ0) is 22.5. The fourth-order valence-electron chi connectivity index (χ4n) is 2.09. The van der Waals surface area contributed by atoms with Crippen LogP contribution in [0.15, 0.2) is 30.3 Å². The van der Waals surface area contributed by atoms with Gasteiger partial charge in [-0.1, -0.05) is 25.1 Å². The second kappa shape index (κ2) is 9.90. The minimum absolute atomic E-state index is 0.0349. The van der Waals surface area contributed by atoms with Gasteiger partial charge in [0.2, 0.25) is 34.8 Å². The second-order valence-corrected chi connectivity index (χ2v) is 7.53. The van der Waals surface area contributed by atoms with Crippen LogP contribution in [0.25, 0.3) is 0 Å². The Bertz CT molecular complexity index is 931. The molecule has 0 amide bonds. The van der Waals surface area contributed by atoms with Gasteiger partial charge in [0, 0.05) is 0 Å². The highest BCUT2D eigenvalue weighted by Gasteiger charge is 2.38. The Morgan fingerprint density at radius 2 is 1.50 bits per heavy atom. The van der Waals surface area contributed by atoms with Gasteiger partial charge in [-0.3, -0.25) is 4.79 Å². The van der Waals surface area contributed by atoms with Crippen LogP contribution in [0.4, 0.5) is 22.0 Å². The van der Waals surface area contributed by atoms with Gasteiger partial charge in [-0.25, -0.2) is 17.7 Å². The molecule has 0 aromatic heterocycles. The van der Waals surface area contributed by atoms with Crippen LogP contribution in [0.2, 0.25) is 0 Å². The largest absolute Gasteiger partial charge is 0.513 e. The van der Waals surface area contributed by atoms with Crippen LogP contribution < -0.4 is 14.1 Å². The molecule has 2 aromatic rings. The molecule has 0 saturated carbocycles. The summed E-state index contributed by atoms with van der Waals surface area (Å²) in [6.07, 6.45) is 0.484. The van der Waals surface area contributed by atoms with E-state index in [0.29, 0.717) is 6.42 Å². The molecule has 2 atom stereocenters. The molecule has 0 aliphatic rings. The van der Waals surface area contributed by atoms with Crippen molar-refractivity contribution in [2.45, 2.75) is 26.3 Å². The van der Waals surface area contributed by atoms with Gasteiger partial charge in [0.1, 0.15) is 11.8 Å². The number of hydrogen-bond acceptors (Lipinski definition) is 5. The molecular formula is C18H17F5NO5P. The topological polar surface area (TPSA) is 73.9 Å². The third-order valence-electron chi connectivity index (χ3n) is 3.50. The molecule has 164 valence electrons. The summed E-state index contributed by atoms with van der Waals surface area (Å²) >= 11 is 0. The van der Waals surface area contributed by atoms with Gasteiger partial charge >= 0.3 is 13.7 Å². The van der Waals surface area contributed by atoms with Crippen LogP contribution >= 0.6 is 7.75 Å². The van der Waals surface area contributed by atoms with Crippen LogP contribution in [0.3, 0.4) is 0 Å². The number of para-hydroxylation sites is 1. The van der Waals surface area contributed by atoms with Crippen LogP contribution in [0.1, 0.15) is 20.3 Å². The Morgan fingerprint density at radius 3 is 2.03 bits per heavy atom. The van der Waals surface area contributed by atoms with E-state index in [4.69, 9.17) is 9.26 Å². The molecule has 0 aliphatic carbocycles. The molecule has 0 saturated heterocycles. The standard InChI is InChI=1S/C18H17F5NO5P/c1-3-9-27-18(25)10(2)24-30(26,28-11-7-5-4-6-8-11)29-17-15(22)13(20)12(19)14(21)16(17)23/h4-8,10H,3,9H2,1-2H3,(H,24,26)/t10-,30-/m0/s1. The van der Waals surface area contributed by atoms with E-state index in [1.807, 2.05) is 0 Å². The molecule has 0 spiro atoms. The molecule has 30 heavy (non-hydrogen) atoms. The molecule has 0 fully saturated rings. The summed E-state index contributed by atoms with van der Waals surface area (Å²) in [7, 11) is -4.90. The molecule has 0 unspecified atom stereocenters. The van der Waals surface area contributed by atoms with E-state index in [-0.39, 0.29) is 12.4 Å².